The Morgan fingerprint density at radius 1 is 1.29 bits per heavy atom. The van der Waals surface area contributed by atoms with E-state index in [1.807, 2.05) is 23.6 Å². The minimum absolute atomic E-state index is 0.122. The maximum atomic E-state index is 11.8. The molecule has 1 heterocycles. The van der Waals surface area contributed by atoms with Gasteiger partial charge in [-0.1, -0.05) is 6.07 Å². The molecule has 1 aromatic heterocycles. The highest BCUT2D eigenvalue weighted by Crippen LogP contribution is 2.08. The molecule has 1 N–H and O–H groups in total. The molecule has 0 spiro atoms. The second-order valence-corrected chi connectivity index (χ2v) is 4.48. The summed E-state index contributed by atoms with van der Waals surface area (Å²) in [7, 11) is 0. The van der Waals surface area contributed by atoms with E-state index in [1.165, 1.54) is 0 Å². The highest BCUT2D eigenvalue weighted by Gasteiger charge is 2.05. The van der Waals surface area contributed by atoms with Crippen LogP contribution in [0.2, 0.25) is 0 Å². The zero-order valence-corrected chi connectivity index (χ0v) is 9.83. The third kappa shape index (κ3) is 2.92. The van der Waals surface area contributed by atoms with E-state index in [0.717, 1.165) is 4.88 Å². The number of nitriles is 1. The van der Waals surface area contributed by atoms with Gasteiger partial charge in [-0.3, -0.25) is 4.79 Å². The molecule has 0 unspecified atom stereocenters. The molecule has 1 amide bonds. The Morgan fingerprint density at radius 2 is 2.06 bits per heavy atom. The van der Waals surface area contributed by atoms with Crippen molar-refractivity contribution in [3.8, 4) is 6.07 Å². The largest absolute Gasteiger partial charge is 0.347 e. The molecule has 0 bridgehead atoms. The molecule has 2 aromatic rings. The minimum Gasteiger partial charge on any atom is -0.347 e. The minimum atomic E-state index is -0.122. The predicted molar refractivity (Wildman–Crippen MR) is 66.6 cm³/mol. The Morgan fingerprint density at radius 3 is 2.65 bits per heavy atom. The number of thiophene rings is 1. The normalized spacial score (nSPS) is 9.59. The van der Waals surface area contributed by atoms with Gasteiger partial charge in [0.1, 0.15) is 0 Å². The van der Waals surface area contributed by atoms with Crippen molar-refractivity contribution >= 4 is 17.2 Å². The first-order valence-electron chi connectivity index (χ1n) is 5.10. The summed E-state index contributed by atoms with van der Waals surface area (Å²) in [5, 5.41) is 13.4. The number of benzene rings is 1. The quantitative estimate of drug-likeness (QED) is 0.899. The molecule has 2 rings (SSSR count). The number of rotatable bonds is 3. The molecule has 3 nitrogen and oxygen atoms in total. The summed E-state index contributed by atoms with van der Waals surface area (Å²) >= 11 is 1.61. The van der Waals surface area contributed by atoms with Crippen LogP contribution in [-0.4, -0.2) is 5.91 Å². The lowest BCUT2D eigenvalue weighted by atomic mass is 10.1. The fraction of sp³-hybridized carbons (Fsp3) is 0.0769. The molecule has 84 valence electrons. The molecular formula is C13H10N2OS. The van der Waals surface area contributed by atoms with Crippen molar-refractivity contribution < 1.29 is 4.79 Å². The highest BCUT2D eigenvalue weighted by atomic mass is 32.1. The second kappa shape index (κ2) is 5.28. The average molecular weight is 242 g/mol. The van der Waals surface area contributed by atoms with Gasteiger partial charge < -0.3 is 5.32 Å². The van der Waals surface area contributed by atoms with Crippen LogP contribution in [0.3, 0.4) is 0 Å². The van der Waals surface area contributed by atoms with E-state index in [-0.39, 0.29) is 5.91 Å². The Labute approximate surface area is 103 Å². The SMILES string of the molecule is N#Cc1ccc(C(=O)NCc2cccs2)cc1. The number of nitrogens with zero attached hydrogens (tertiary/aromatic N) is 1. The number of hydrogen-bond donors (Lipinski definition) is 1. The smallest absolute Gasteiger partial charge is 0.251 e. The third-order valence-electron chi connectivity index (χ3n) is 2.28. The van der Waals surface area contributed by atoms with Crippen molar-refractivity contribution in [3.05, 3.63) is 57.8 Å². The summed E-state index contributed by atoms with van der Waals surface area (Å²) in [5.74, 6) is -0.122. The second-order valence-electron chi connectivity index (χ2n) is 3.45. The Hall–Kier alpha value is -2.12. The third-order valence-corrected chi connectivity index (χ3v) is 3.16. The summed E-state index contributed by atoms with van der Waals surface area (Å²) in [6, 6.07) is 12.5. The number of amides is 1. The van der Waals surface area contributed by atoms with Crippen molar-refractivity contribution in [2.24, 2.45) is 0 Å². The molecule has 0 atom stereocenters. The molecule has 17 heavy (non-hydrogen) atoms. The molecule has 0 fully saturated rings. The van der Waals surface area contributed by atoms with Crippen molar-refractivity contribution in [3.63, 3.8) is 0 Å². The van der Waals surface area contributed by atoms with Gasteiger partial charge in [0.25, 0.3) is 5.91 Å². The lowest BCUT2D eigenvalue weighted by Crippen LogP contribution is -2.22. The molecule has 0 aliphatic carbocycles. The van der Waals surface area contributed by atoms with Gasteiger partial charge in [-0.25, -0.2) is 0 Å². The fourth-order valence-electron chi connectivity index (χ4n) is 1.38. The number of nitrogens with one attached hydrogen (secondary N) is 1. The van der Waals surface area contributed by atoms with Gasteiger partial charge in [0.05, 0.1) is 18.2 Å². The van der Waals surface area contributed by atoms with Gasteiger partial charge in [0.15, 0.2) is 0 Å². The van der Waals surface area contributed by atoms with Crippen LogP contribution < -0.4 is 5.32 Å². The highest BCUT2D eigenvalue weighted by molar-refractivity contribution is 7.09. The lowest BCUT2D eigenvalue weighted by molar-refractivity contribution is 0.0951. The Bertz CT molecular complexity index is 538. The van der Waals surface area contributed by atoms with Gasteiger partial charge in [0.2, 0.25) is 0 Å². The first-order chi connectivity index (χ1) is 8.29. The van der Waals surface area contributed by atoms with E-state index >= 15 is 0 Å². The summed E-state index contributed by atoms with van der Waals surface area (Å²) in [6.45, 7) is 0.538. The topological polar surface area (TPSA) is 52.9 Å². The zero-order chi connectivity index (χ0) is 12.1. The number of hydrogen-bond acceptors (Lipinski definition) is 3. The summed E-state index contributed by atoms with van der Waals surface area (Å²) < 4.78 is 0. The number of carbonyl (C=O) groups is 1. The molecule has 4 heteroatoms. The maximum absolute atomic E-state index is 11.8. The standard InChI is InChI=1S/C13H10N2OS/c14-8-10-3-5-11(6-4-10)13(16)15-9-12-2-1-7-17-12/h1-7H,9H2,(H,15,16). The van der Waals surface area contributed by atoms with Gasteiger partial charge in [-0.2, -0.15) is 5.26 Å². The Kier molecular flexibility index (Phi) is 3.53. The van der Waals surface area contributed by atoms with Crippen LogP contribution in [0, 0.1) is 11.3 Å². The molecular weight excluding hydrogens is 232 g/mol. The summed E-state index contributed by atoms with van der Waals surface area (Å²) in [5.41, 5.74) is 1.13. The van der Waals surface area contributed by atoms with E-state index in [2.05, 4.69) is 5.32 Å². The molecule has 0 radical (unpaired) electrons. The van der Waals surface area contributed by atoms with Crippen LogP contribution in [0.25, 0.3) is 0 Å². The van der Waals surface area contributed by atoms with Crippen molar-refractivity contribution in [2.75, 3.05) is 0 Å². The van der Waals surface area contributed by atoms with Crippen molar-refractivity contribution in [1.82, 2.24) is 5.32 Å². The van der Waals surface area contributed by atoms with Crippen LogP contribution in [0.1, 0.15) is 20.8 Å². The van der Waals surface area contributed by atoms with E-state index in [1.54, 1.807) is 35.6 Å². The maximum Gasteiger partial charge on any atom is 0.251 e. The lowest BCUT2D eigenvalue weighted by Gasteiger charge is -2.03. The van der Waals surface area contributed by atoms with Crippen LogP contribution >= 0.6 is 11.3 Å². The van der Waals surface area contributed by atoms with Gasteiger partial charge >= 0.3 is 0 Å². The van der Waals surface area contributed by atoms with E-state index < -0.39 is 0 Å². The molecule has 0 saturated heterocycles. The van der Waals surface area contributed by atoms with Gasteiger partial charge in [-0.15, -0.1) is 11.3 Å². The number of carbonyl (C=O) groups excluding carboxylic acids is 1. The van der Waals surface area contributed by atoms with Crippen LogP contribution in [0.15, 0.2) is 41.8 Å². The van der Waals surface area contributed by atoms with Gasteiger partial charge in [0, 0.05) is 10.4 Å². The first kappa shape index (κ1) is 11.4. The zero-order valence-electron chi connectivity index (χ0n) is 9.01. The van der Waals surface area contributed by atoms with E-state index in [4.69, 9.17) is 5.26 Å². The summed E-state index contributed by atoms with van der Waals surface area (Å²) in [4.78, 5) is 12.9. The van der Waals surface area contributed by atoms with E-state index in [9.17, 15) is 4.79 Å². The summed E-state index contributed by atoms with van der Waals surface area (Å²) in [6.07, 6.45) is 0. The molecule has 1 aromatic carbocycles. The predicted octanol–water partition coefficient (Wildman–Crippen LogP) is 2.55. The Balaban J connectivity index is 1.97. The van der Waals surface area contributed by atoms with E-state index in [0.29, 0.717) is 17.7 Å². The van der Waals surface area contributed by atoms with Crippen LogP contribution in [-0.2, 0) is 6.54 Å². The average Bonchev–Trinajstić information content (AvgIpc) is 2.89. The molecule has 0 aliphatic heterocycles. The molecule has 0 aliphatic rings. The fourth-order valence-corrected chi connectivity index (χ4v) is 2.02. The first-order valence-corrected chi connectivity index (χ1v) is 5.98. The monoisotopic (exact) mass is 242 g/mol. The van der Waals surface area contributed by atoms with Crippen molar-refractivity contribution in [1.29, 1.82) is 5.26 Å². The van der Waals surface area contributed by atoms with Crippen molar-refractivity contribution in [2.45, 2.75) is 6.54 Å². The van der Waals surface area contributed by atoms with Crippen LogP contribution in [0.5, 0.6) is 0 Å². The van der Waals surface area contributed by atoms with Gasteiger partial charge in [-0.05, 0) is 35.7 Å². The van der Waals surface area contributed by atoms with Crippen LogP contribution in [0.4, 0.5) is 0 Å². The molecule has 0 saturated carbocycles.